The maximum absolute atomic E-state index is 12.8. The second kappa shape index (κ2) is 7.11. The normalized spacial score (nSPS) is 17.4. The average molecular weight is 298 g/mol. The number of nitrogens with zero attached hydrogens (tertiary/aromatic N) is 1. The predicted octanol–water partition coefficient (Wildman–Crippen LogP) is 1.06. The number of nitrogens with two attached hydrogens (primary N) is 1. The highest BCUT2D eigenvalue weighted by molar-refractivity contribution is 5.91. The first-order valence-corrected chi connectivity index (χ1v) is 7.78. The third kappa shape index (κ3) is 4.59. The van der Waals surface area contributed by atoms with Gasteiger partial charge in [-0.25, -0.2) is 4.79 Å². The lowest BCUT2D eigenvalue weighted by molar-refractivity contribution is -0.137. The van der Waals surface area contributed by atoms with Crippen molar-refractivity contribution in [2.24, 2.45) is 11.1 Å². The van der Waals surface area contributed by atoms with Crippen molar-refractivity contribution in [2.45, 2.75) is 52.0 Å². The summed E-state index contributed by atoms with van der Waals surface area (Å²) in [6.45, 7) is 7.58. The Morgan fingerprint density at radius 2 is 1.86 bits per heavy atom. The van der Waals surface area contributed by atoms with Gasteiger partial charge in [0, 0.05) is 20.1 Å². The molecule has 6 heteroatoms. The Balaban J connectivity index is 2.80. The van der Waals surface area contributed by atoms with Crippen LogP contribution in [0, 0.1) is 5.41 Å². The quantitative estimate of drug-likeness (QED) is 0.685. The minimum Gasteiger partial charge on any atom is -0.343 e. The average Bonchev–Trinajstić information content (AvgIpc) is 2.87. The number of likely N-dealkylation sites (N-methyl/N-ethyl adjacent to an activating group) is 1. The van der Waals surface area contributed by atoms with E-state index in [1.165, 1.54) is 0 Å². The van der Waals surface area contributed by atoms with Crippen molar-refractivity contribution in [3.05, 3.63) is 0 Å². The molecule has 1 aliphatic carbocycles. The van der Waals surface area contributed by atoms with Crippen LogP contribution in [-0.4, -0.2) is 49.1 Å². The zero-order valence-electron chi connectivity index (χ0n) is 13.8. The standard InChI is InChI=1S/C15H30N4O2/c1-5-17-13(21)18-15(8-6-7-9-15)12(20)19(4)11-14(2,3)10-16/h5-11,16H2,1-4H3,(H2,17,18,21). The van der Waals surface area contributed by atoms with Gasteiger partial charge in [-0.3, -0.25) is 4.79 Å². The van der Waals surface area contributed by atoms with Gasteiger partial charge in [-0.2, -0.15) is 0 Å². The molecule has 4 N–H and O–H groups in total. The Labute approximate surface area is 127 Å². The molecule has 21 heavy (non-hydrogen) atoms. The molecule has 0 aromatic rings. The van der Waals surface area contributed by atoms with Gasteiger partial charge in [0.2, 0.25) is 5.91 Å². The second-order valence-corrected chi connectivity index (χ2v) is 6.80. The summed E-state index contributed by atoms with van der Waals surface area (Å²) < 4.78 is 0. The molecule has 0 aromatic carbocycles. The summed E-state index contributed by atoms with van der Waals surface area (Å²) in [5.74, 6) is -0.00669. The van der Waals surface area contributed by atoms with Crippen molar-refractivity contribution < 1.29 is 9.59 Å². The third-order valence-corrected chi connectivity index (χ3v) is 4.12. The molecule has 1 rings (SSSR count). The highest BCUT2D eigenvalue weighted by Gasteiger charge is 2.44. The molecule has 1 saturated carbocycles. The molecule has 0 bridgehead atoms. The van der Waals surface area contributed by atoms with Gasteiger partial charge in [0.15, 0.2) is 0 Å². The lowest BCUT2D eigenvalue weighted by Crippen LogP contribution is -2.60. The van der Waals surface area contributed by atoms with Crippen LogP contribution < -0.4 is 16.4 Å². The van der Waals surface area contributed by atoms with Gasteiger partial charge in [0.05, 0.1) is 0 Å². The van der Waals surface area contributed by atoms with Crippen LogP contribution in [0.4, 0.5) is 4.79 Å². The number of rotatable bonds is 6. The smallest absolute Gasteiger partial charge is 0.315 e. The van der Waals surface area contributed by atoms with Crippen LogP contribution >= 0.6 is 0 Å². The summed E-state index contributed by atoms with van der Waals surface area (Å²) in [5.41, 5.74) is 4.86. The molecule has 3 amide bonds. The number of hydrogen-bond acceptors (Lipinski definition) is 3. The maximum atomic E-state index is 12.8. The molecule has 0 saturated heterocycles. The number of carbonyl (C=O) groups is 2. The van der Waals surface area contributed by atoms with Crippen LogP contribution in [0.3, 0.4) is 0 Å². The van der Waals surface area contributed by atoms with Crippen molar-refractivity contribution in [3.8, 4) is 0 Å². The largest absolute Gasteiger partial charge is 0.343 e. The van der Waals surface area contributed by atoms with Crippen LogP contribution in [0.25, 0.3) is 0 Å². The zero-order valence-corrected chi connectivity index (χ0v) is 13.8. The van der Waals surface area contributed by atoms with Crippen molar-refractivity contribution in [2.75, 3.05) is 26.7 Å². The van der Waals surface area contributed by atoms with Gasteiger partial charge in [0.25, 0.3) is 0 Å². The van der Waals surface area contributed by atoms with Crippen molar-refractivity contribution in [1.29, 1.82) is 0 Å². The third-order valence-electron chi connectivity index (χ3n) is 4.12. The molecule has 0 unspecified atom stereocenters. The minimum absolute atomic E-state index is 0.00669. The first kappa shape index (κ1) is 17.8. The summed E-state index contributed by atoms with van der Waals surface area (Å²) in [7, 11) is 1.79. The topological polar surface area (TPSA) is 87.5 Å². The van der Waals surface area contributed by atoms with Crippen molar-refractivity contribution >= 4 is 11.9 Å². The van der Waals surface area contributed by atoms with Crippen LogP contribution in [-0.2, 0) is 4.79 Å². The molecule has 6 nitrogen and oxygen atoms in total. The van der Waals surface area contributed by atoms with E-state index >= 15 is 0 Å². The molecule has 0 heterocycles. The molecule has 0 radical (unpaired) electrons. The maximum Gasteiger partial charge on any atom is 0.315 e. The summed E-state index contributed by atoms with van der Waals surface area (Å²) >= 11 is 0. The van der Waals surface area contributed by atoms with E-state index in [2.05, 4.69) is 10.6 Å². The van der Waals surface area contributed by atoms with Gasteiger partial charge in [0.1, 0.15) is 5.54 Å². The molecule has 122 valence electrons. The lowest BCUT2D eigenvalue weighted by Gasteiger charge is -2.36. The summed E-state index contributed by atoms with van der Waals surface area (Å²) in [6.07, 6.45) is 3.34. The molecular weight excluding hydrogens is 268 g/mol. The van der Waals surface area contributed by atoms with Gasteiger partial charge in [-0.1, -0.05) is 26.7 Å². The zero-order chi connectivity index (χ0) is 16.1. The number of carbonyl (C=O) groups excluding carboxylic acids is 2. The van der Waals surface area contributed by atoms with E-state index in [4.69, 9.17) is 5.73 Å². The van der Waals surface area contributed by atoms with Gasteiger partial charge < -0.3 is 21.3 Å². The van der Waals surface area contributed by atoms with E-state index in [1.54, 1.807) is 11.9 Å². The summed E-state index contributed by atoms with van der Waals surface area (Å²) in [5, 5.41) is 5.61. The molecule has 0 spiro atoms. The first-order valence-electron chi connectivity index (χ1n) is 7.78. The van der Waals surface area contributed by atoms with E-state index < -0.39 is 5.54 Å². The van der Waals surface area contributed by atoms with E-state index in [-0.39, 0.29) is 17.4 Å². The van der Waals surface area contributed by atoms with Gasteiger partial charge >= 0.3 is 6.03 Å². The molecule has 0 atom stereocenters. The summed E-state index contributed by atoms with van der Waals surface area (Å²) in [4.78, 5) is 26.4. The molecular formula is C15H30N4O2. The highest BCUT2D eigenvalue weighted by Crippen LogP contribution is 2.32. The van der Waals surface area contributed by atoms with E-state index in [0.29, 0.717) is 32.5 Å². The fourth-order valence-corrected chi connectivity index (χ4v) is 2.94. The number of amides is 3. The van der Waals surface area contributed by atoms with E-state index in [9.17, 15) is 9.59 Å². The van der Waals surface area contributed by atoms with E-state index in [1.807, 2.05) is 20.8 Å². The Bertz CT molecular complexity index is 376. The number of hydrogen-bond donors (Lipinski definition) is 3. The van der Waals surface area contributed by atoms with Crippen molar-refractivity contribution in [1.82, 2.24) is 15.5 Å². The summed E-state index contributed by atoms with van der Waals surface area (Å²) in [6, 6.07) is -0.265. The molecule has 1 fully saturated rings. The SMILES string of the molecule is CCNC(=O)NC1(C(=O)N(C)CC(C)(C)CN)CCCC1. The fourth-order valence-electron chi connectivity index (χ4n) is 2.94. The minimum atomic E-state index is -0.751. The molecule has 1 aliphatic rings. The van der Waals surface area contributed by atoms with Crippen LogP contribution in [0.2, 0.25) is 0 Å². The molecule has 0 aliphatic heterocycles. The Kier molecular flexibility index (Phi) is 6.01. The first-order chi connectivity index (χ1) is 9.76. The van der Waals surface area contributed by atoms with Crippen LogP contribution in [0.5, 0.6) is 0 Å². The van der Waals surface area contributed by atoms with Gasteiger partial charge in [-0.05, 0) is 31.7 Å². The lowest BCUT2D eigenvalue weighted by atomic mass is 9.90. The van der Waals surface area contributed by atoms with Crippen LogP contribution in [0.15, 0.2) is 0 Å². The second-order valence-electron chi connectivity index (χ2n) is 6.80. The Morgan fingerprint density at radius 3 is 2.33 bits per heavy atom. The monoisotopic (exact) mass is 298 g/mol. The number of nitrogens with one attached hydrogen (secondary N) is 2. The van der Waals surface area contributed by atoms with Crippen LogP contribution in [0.1, 0.15) is 46.5 Å². The molecule has 0 aromatic heterocycles. The number of urea groups is 1. The Hall–Kier alpha value is -1.30. The van der Waals surface area contributed by atoms with Gasteiger partial charge in [-0.15, -0.1) is 0 Å². The van der Waals surface area contributed by atoms with E-state index in [0.717, 1.165) is 12.8 Å². The highest BCUT2D eigenvalue weighted by atomic mass is 16.2. The van der Waals surface area contributed by atoms with Crippen molar-refractivity contribution in [3.63, 3.8) is 0 Å². The Morgan fingerprint density at radius 1 is 1.29 bits per heavy atom. The predicted molar refractivity (Wildman–Crippen MR) is 83.9 cm³/mol. The fraction of sp³-hybridized carbons (Fsp3) is 0.867.